The maximum absolute atomic E-state index is 12.4. The first-order valence-corrected chi connectivity index (χ1v) is 6.15. The average Bonchev–Trinajstić information content (AvgIpc) is 2.30. The molecular formula is C13H10BrF3O2. The van der Waals surface area contributed by atoms with Crippen molar-refractivity contribution >= 4 is 21.9 Å². The van der Waals surface area contributed by atoms with Gasteiger partial charge in [0.25, 0.3) is 0 Å². The highest BCUT2D eigenvalue weighted by atomic mass is 79.9. The Morgan fingerprint density at radius 3 is 2.63 bits per heavy atom. The minimum atomic E-state index is -4.39. The molecule has 1 aromatic rings. The SMILES string of the molecule is CCOC(=O)CC#Cc1ccc(C(F)(F)F)cc1Br. The molecule has 0 atom stereocenters. The molecule has 19 heavy (non-hydrogen) atoms. The second kappa shape index (κ2) is 6.62. The normalized spacial score (nSPS) is 10.6. The maximum atomic E-state index is 12.4. The molecule has 0 heterocycles. The minimum Gasteiger partial charge on any atom is -0.465 e. The lowest BCUT2D eigenvalue weighted by atomic mass is 10.1. The van der Waals surface area contributed by atoms with Crippen molar-refractivity contribution in [2.45, 2.75) is 19.5 Å². The van der Waals surface area contributed by atoms with Crippen LogP contribution in [0.1, 0.15) is 24.5 Å². The molecule has 0 spiro atoms. The van der Waals surface area contributed by atoms with Crippen LogP contribution in [-0.2, 0) is 15.7 Å². The van der Waals surface area contributed by atoms with E-state index >= 15 is 0 Å². The third-order valence-corrected chi connectivity index (χ3v) is 2.71. The Morgan fingerprint density at radius 2 is 2.11 bits per heavy atom. The van der Waals surface area contributed by atoms with E-state index in [4.69, 9.17) is 0 Å². The molecule has 0 radical (unpaired) electrons. The van der Waals surface area contributed by atoms with Crippen LogP contribution in [0, 0.1) is 11.8 Å². The molecule has 0 bridgehead atoms. The van der Waals surface area contributed by atoms with E-state index in [1.54, 1.807) is 6.92 Å². The first-order valence-electron chi connectivity index (χ1n) is 5.36. The van der Waals surface area contributed by atoms with E-state index in [0.29, 0.717) is 5.56 Å². The van der Waals surface area contributed by atoms with Gasteiger partial charge in [0.1, 0.15) is 6.42 Å². The molecule has 1 rings (SSSR count). The number of ether oxygens (including phenoxy) is 1. The summed E-state index contributed by atoms with van der Waals surface area (Å²) in [5.74, 6) is 4.71. The van der Waals surface area contributed by atoms with Crippen LogP contribution in [0.5, 0.6) is 0 Å². The van der Waals surface area contributed by atoms with Crippen molar-refractivity contribution in [3.8, 4) is 11.8 Å². The zero-order chi connectivity index (χ0) is 14.5. The molecule has 6 heteroatoms. The number of carbonyl (C=O) groups excluding carboxylic acids is 1. The van der Waals surface area contributed by atoms with Gasteiger partial charge in [0, 0.05) is 10.0 Å². The first kappa shape index (κ1) is 15.6. The first-order chi connectivity index (χ1) is 8.84. The van der Waals surface area contributed by atoms with Crippen LogP contribution in [0.15, 0.2) is 22.7 Å². The fraction of sp³-hybridized carbons (Fsp3) is 0.308. The number of benzene rings is 1. The lowest BCUT2D eigenvalue weighted by Crippen LogP contribution is -2.04. The minimum absolute atomic E-state index is 0.0959. The van der Waals surface area contributed by atoms with Gasteiger partial charge in [0.15, 0.2) is 0 Å². The lowest BCUT2D eigenvalue weighted by Gasteiger charge is -2.07. The fourth-order valence-electron chi connectivity index (χ4n) is 1.22. The fourth-order valence-corrected chi connectivity index (χ4v) is 1.69. The number of esters is 1. The lowest BCUT2D eigenvalue weighted by molar-refractivity contribution is -0.142. The molecule has 0 aliphatic carbocycles. The van der Waals surface area contributed by atoms with Crippen LogP contribution in [-0.4, -0.2) is 12.6 Å². The van der Waals surface area contributed by atoms with Crippen molar-refractivity contribution in [3.63, 3.8) is 0 Å². The Morgan fingerprint density at radius 1 is 1.42 bits per heavy atom. The number of carbonyl (C=O) groups is 1. The molecule has 102 valence electrons. The molecule has 0 aliphatic heterocycles. The predicted molar refractivity (Wildman–Crippen MR) is 67.3 cm³/mol. The zero-order valence-corrected chi connectivity index (χ0v) is 11.6. The van der Waals surface area contributed by atoms with E-state index in [0.717, 1.165) is 12.1 Å². The zero-order valence-electron chi connectivity index (χ0n) is 9.97. The van der Waals surface area contributed by atoms with Gasteiger partial charge in [0.05, 0.1) is 12.2 Å². The summed E-state index contributed by atoms with van der Waals surface area (Å²) in [5.41, 5.74) is -0.368. The molecule has 0 N–H and O–H groups in total. The summed E-state index contributed by atoms with van der Waals surface area (Å²) in [5, 5.41) is 0. The molecule has 0 aliphatic rings. The van der Waals surface area contributed by atoms with Crippen LogP contribution in [0.3, 0.4) is 0 Å². The van der Waals surface area contributed by atoms with Gasteiger partial charge in [-0.05, 0) is 41.1 Å². The Hall–Kier alpha value is -1.48. The van der Waals surface area contributed by atoms with E-state index in [9.17, 15) is 18.0 Å². The Balaban J connectivity index is 2.82. The monoisotopic (exact) mass is 334 g/mol. The summed E-state index contributed by atoms with van der Waals surface area (Å²) in [7, 11) is 0. The molecular weight excluding hydrogens is 325 g/mol. The highest BCUT2D eigenvalue weighted by Gasteiger charge is 2.30. The molecule has 0 aromatic heterocycles. The predicted octanol–water partition coefficient (Wildman–Crippen LogP) is 3.77. The van der Waals surface area contributed by atoms with Crippen molar-refractivity contribution in [2.24, 2.45) is 0 Å². The summed E-state index contributed by atoms with van der Waals surface area (Å²) >= 11 is 3.02. The second-order valence-electron chi connectivity index (χ2n) is 3.48. The second-order valence-corrected chi connectivity index (χ2v) is 4.33. The summed E-state index contributed by atoms with van der Waals surface area (Å²) in [6, 6.07) is 3.15. The number of hydrogen-bond donors (Lipinski definition) is 0. The molecule has 0 fully saturated rings. The molecule has 1 aromatic carbocycles. The van der Waals surface area contributed by atoms with Gasteiger partial charge in [-0.3, -0.25) is 4.79 Å². The Bertz CT molecular complexity index is 527. The Kier molecular flexibility index (Phi) is 5.43. The van der Waals surface area contributed by atoms with Crippen molar-refractivity contribution < 1.29 is 22.7 Å². The van der Waals surface area contributed by atoms with E-state index in [-0.39, 0.29) is 17.5 Å². The highest BCUT2D eigenvalue weighted by Crippen LogP contribution is 2.31. The largest absolute Gasteiger partial charge is 0.465 e. The van der Waals surface area contributed by atoms with Crippen molar-refractivity contribution in [3.05, 3.63) is 33.8 Å². The van der Waals surface area contributed by atoms with Crippen molar-refractivity contribution in [1.29, 1.82) is 0 Å². The van der Waals surface area contributed by atoms with Crippen molar-refractivity contribution in [2.75, 3.05) is 6.61 Å². The molecule has 0 saturated heterocycles. The summed E-state index contributed by atoms with van der Waals surface area (Å²) in [6.45, 7) is 1.95. The average molecular weight is 335 g/mol. The van der Waals surface area contributed by atoms with Crippen LogP contribution in [0.2, 0.25) is 0 Å². The van der Waals surface area contributed by atoms with Crippen molar-refractivity contribution in [1.82, 2.24) is 0 Å². The summed E-state index contributed by atoms with van der Waals surface area (Å²) in [6.07, 6.45) is -4.49. The number of halogens is 4. The number of alkyl halides is 3. The van der Waals surface area contributed by atoms with Gasteiger partial charge in [-0.25, -0.2) is 0 Å². The summed E-state index contributed by atoms with van der Waals surface area (Å²) < 4.78 is 42.2. The molecule has 0 unspecified atom stereocenters. The van der Waals surface area contributed by atoms with E-state index in [1.165, 1.54) is 6.07 Å². The van der Waals surface area contributed by atoms with Gasteiger partial charge in [-0.15, -0.1) is 0 Å². The van der Waals surface area contributed by atoms with Crippen LogP contribution < -0.4 is 0 Å². The van der Waals surface area contributed by atoms with Crippen LogP contribution in [0.4, 0.5) is 13.2 Å². The third-order valence-electron chi connectivity index (χ3n) is 2.06. The number of hydrogen-bond acceptors (Lipinski definition) is 2. The molecule has 0 saturated carbocycles. The van der Waals surface area contributed by atoms with Gasteiger partial charge in [-0.2, -0.15) is 13.2 Å². The van der Waals surface area contributed by atoms with E-state index in [2.05, 4.69) is 32.5 Å². The van der Waals surface area contributed by atoms with Gasteiger partial charge in [0.2, 0.25) is 0 Å². The van der Waals surface area contributed by atoms with Crippen LogP contribution in [0.25, 0.3) is 0 Å². The topological polar surface area (TPSA) is 26.3 Å². The number of rotatable bonds is 2. The molecule has 0 amide bonds. The Labute approximate surface area is 117 Å². The van der Waals surface area contributed by atoms with E-state index < -0.39 is 17.7 Å². The van der Waals surface area contributed by atoms with Gasteiger partial charge < -0.3 is 4.74 Å². The quantitative estimate of drug-likeness (QED) is 0.607. The summed E-state index contributed by atoms with van der Waals surface area (Å²) in [4.78, 5) is 11.0. The highest BCUT2D eigenvalue weighted by molar-refractivity contribution is 9.10. The van der Waals surface area contributed by atoms with Crippen LogP contribution >= 0.6 is 15.9 Å². The van der Waals surface area contributed by atoms with E-state index in [1.807, 2.05) is 0 Å². The third kappa shape index (κ3) is 4.95. The van der Waals surface area contributed by atoms with Gasteiger partial charge >= 0.3 is 12.1 Å². The maximum Gasteiger partial charge on any atom is 0.416 e. The standard InChI is InChI=1S/C13H10BrF3O2/c1-2-19-12(18)5-3-4-9-6-7-10(8-11(9)14)13(15,16)17/h6-8H,2,5H2,1H3. The molecule has 2 nitrogen and oxygen atoms in total. The smallest absolute Gasteiger partial charge is 0.416 e. The van der Waals surface area contributed by atoms with Gasteiger partial charge in [-0.1, -0.05) is 11.8 Å².